The van der Waals surface area contributed by atoms with E-state index in [0.29, 0.717) is 19.3 Å². The van der Waals surface area contributed by atoms with E-state index in [9.17, 15) is 18.0 Å². The Morgan fingerprint density at radius 2 is 1.88 bits per heavy atom. The summed E-state index contributed by atoms with van der Waals surface area (Å²) in [5, 5.41) is 0. The van der Waals surface area contributed by atoms with Gasteiger partial charge in [0.05, 0.1) is 0 Å². The van der Waals surface area contributed by atoms with Gasteiger partial charge in [0, 0.05) is 0 Å². The number of hydrogen-bond acceptors (Lipinski definition) is 2. The number of esters is 1. The van der Waals surface area contributed by atoms with Crippen LogP contribution >= 0.6 is 0 Å². The van der Waals surface area contributed by atoms with Crippen molar-refractivity contribution in [1.82, 2.24) is 0 Å². The summed E-state index contributed by atoms with van der Waals surface area (Å²) < 4.78 is 42.3. The predicted molar refractivity (Wildman–Crippen MR) is 53.1 cm³/mol. The van der Waals surface area contributed by atoms with Crippen molar-refractivity contribution in [2.24, 2.45) is 0 Å². The molecule has 16 heavy (non-hydrogen) atoms. The van der Waals surface area contributed by atoms with Crippen LogP contribution in [0.5, 0.6) is 0 Å². The first kappa shape index (κ1) is 13.3. The van der Waals surface area contributed by atoms with Gasteiger partial charge >= 0.3 is 11.9 Å². The van der Waals surface area contributed by atoms with Gasteiger partial charge in [-0.1, -0.05) is 13.3 Å². The van der Waals surface area contributed by atoms with Crippen molar-refractivity contribution >= 4 is 5.97 Å². The van der Waals surface area contributed by atoms with Gasteiger partial charge < -0.3 is 4.74 Å². The van der Waals surface area contributed by atoms with Gasteiger partial charge in [0.25, 0.3) is 0 Å². The number of rotatable bonds is 4. The number of carbonyl (C=O) groups excluding carboxylic acids is 1. The van der Waals surface area contributed by atoms with Crippen LogP contribution in [0.25, 0.3) is 0 Å². The fourth-order valence-electron chi connectivity index (χ4n) is 2.05. The van der Waals surface area contributed by atoms with Crippen LogP contribution in [0.2, 0.25) is 0 Å². The third-order valence-electron chi connectivity index (χ3n) is 3.18. The highest BCUT2D eigenvalue weighted by molar-refractivity contribution is 5.78. The van der Waals surface area contributed by atoms with Crippen LogP contribution in [-0.4, -0.2) is 24.2 Å². The second kappa shape index (κ2) is 5.06. The standard InChI is InChI=1S/C11H17F3O2/c1-2-10(6-4-3-5-7-10)16-9(15)11(13,14)8-12/h2-8H2,1H3. The van der Waals surface area contributed by atoms with Gasteiger partial charge in [-0.05, 0) is 32.1 Å². The molecule has 1 aliphatic carbocycles. The largest absolute Gasteiger partial charge is 0.455 e. The maximum absolute atomic E-state index is 12.8. The topological polar surface area (TPSA) is 26.3 Å². The molecule has 5 heteroatoms. The highest BCUT2D eigenvalue weighted by atomic mass is 19.3. The Labute approximate surface area is 93.2 Å². The SMILES string of the molecule is CCC1(OC(=O)C(F)(F)CF)CCCCC1. The molecular formula is C11H17F3O2. The molecule has 1 rings (SSSR count). The molecule has 0 aromatic heterocycles. The van der Waals surface area contributed by atoms with E-state index in [1.165, 1.54) is 0 Å². The molecule has 94 valence electrons. The van der Waals surface area contributed by atoms with Gasteiger partial charge in [-0.2, -0.15) is 8.78 Å². The molecule has 0 aromatic rings. The second-order valence-electron chi connectivity index (χ2n) is 4.32. The lowest BCUT2D eigenvalue weighted by Crippen LogP contribution is -2.43. The lowest BCUT2D eigenvalue weighted by atomic mass is 9.82. The summed E-state index contributed by atoms with van der Waals surface area (Å²) in [5.41, 5.74) is -0.798. The zero-order valence-electron chi connectivity index (χ0n) is 9.40. The van der Waals surface area contributed by atoms with Gasteiger partial charge in [0.1, 0.15) is 5.60 Å². The summed E-state index contributed by atoms with van der Waals surface area (Å²) >= 11 is 0. The van der Waals surface area contributed by atoms with Gasteiger partial charge in [0.15, 0.2) is 6.67 Å². The summed E-state index contributed by atoms with van der Waals surface area (Å²) in [4.78, 5) is 11.1. The Kier molecular flexibility index (Phi) is 4.21. The summed E-state index contributed by atoms with van der Waals surface area (Å²) in [5.74, 6) is -5.72. The second-order valence-corrected chi connectivity index (χ2v) is 4.32. The van der Waals surface area contributed by atoms with Crippen LogP contribution in [0.3, 0.4) is 0 Å². The van der Waals surface area contributed by atoms with E-state index in [4.69, 9.17) is 4.74 Å². The fraction of sp³-hybridized carbons (Fsp3) is 0.909. The molecule has 1 fully saturated rings. The first-order chi connectivity index (χ1) is 7.46. The molecule has 0 amide bonds. The van der Waals surface area contributed by atoms with Gasteiger partial charge in [-0.25, -0.2) is 9.18 Å². The molecule has 0 saturated heterocycles. The number of alkyl halides is 3. The minimum atomic E-state index is -4.00. The van der Waals surface area contributed by atoms with Gasteiger partial charge in [-0.15, -0.1) is 0 Å². The van der Waals surface area contributed by atoms with Crippen molar-refractivity contribution in [3.8, 4) is 0 Å². The van der Waals surface area contributed by atoms with Crippen LogP contribution in [0.15, 0.2) is 0 Å². The Morgan fingerprint density at radius 3 is 2.31 bits per heavy atom. The third-order valence-corrected chi connectivity index (χ3v) is 3.18. The number of halogens is 3. The summed E-state index contributed by atoms with van der Waals surface area (Å²) in [7, 11) is 0. The third kappa shape index (κ3) is 2.89. The molecular weight excluding hydrogens is 221 g/mol. The molecule has 0 bridgehead atoms. The van der Waals surface area contributed by atoms with Gasteiger partial charge in [-0.3, -0.25) is 0 Å². The van der Waals surface area contributed by atoms with E-state index >= 15 is 0 Å². The zero-order valence-corrected chi connectivity index (χ0v) is 9.40. The Morgan fingerprint density at radius 1 is 1.31 bits per heavy atom. The molecule has 0 spiro atoms. The van der Waals surface area contributed by atoms with E-state index in [-0.39, 0.29) is 0 Å². The average molecular weight is 238 g/mol. The van der Waals surface area contributed by atoms with Crippen molar-refractivity contribution in [2.45, 2.75) is 57.0 Å². The van der Waals surface area contributed by atoms with E-state index < -0.39 is 24.2 Å². The van der Waals surface area contributed by atoms with E-state index in [1.54, 1.807) is 6.92 Å². The number of hydrogen-bond donors (Lipinski definition) is 0. The van der Waals surface area contributed by atoms with E-state index in [2.05, 4.69) is 0 Å². The Balaban J connectivity index is 2.66. The Bertz CT molecular complexity index is 248. The summed E-state index contributed by atoms with van der Waals surface area (Å²) in [6, 6.07) is 0. The molecule has 2 nitrogen and oxygen atoms in total. The molecule has 0 aromatic carbocycles. The fourth-order valence-corrected chi connectivity index (χ4v) is 2.05. The highest BCUT2D eigenvalue weighted by Gasteiger charge is 2.45. The molecule has 0 aliphatic heterocycles. The molecule has 1 saturated carbocycles. The smallest absolute Gasteiger partial charge is 0.380 e. The summed E-state index contributed by atoms with van der Waals surface area (Å²) in [6.07, 6.45) is 4.44. The molecule has 1 aliphatic rings. The van der Waals surface area contributed by atoms with E-state index in [0.717, 1.165) is 19.3 Å². The van der Waals surface area contributed by atoms with Crippen molar-refractivity contribution in [3.63, 3.8) is 0 Å². The normalized spacial score (nSPS) is 20.5. The van der Waals surface area contributed by atoms with Crippen molar-refractivity contribution in [2.75, 3.05) is 6.67 Å². The maximum Gasteiger partial charge on any atom is 0.380 e. The molecule has 0 N–H and O–H groups in total. The van der Waals surface area contributed by atoms with Crippen molar-refractivity contribution in [3.05, 3.63) is 0 Å². The maximum atomic E-state index is 12.8. The lowest BCUT2D eigenvalue weighted by molar-refractivity contribution is -0.193. The van der Waals surface area contributed by atoms with Crippen molar-refractivity contribution in [1.29, 1.82) is 0 Å². The van der Waals surface area contributed by atoms with Crippen molar-refractivity contribution < 1.29 is 22.7 Å². The zero-order chi connectivity index (χ0) is 12.2. The average Bonchev–Trinajstić information content (AvgIpc) is 2.30. The highest BCUT2D eigenvalue weighted by Crippen LogP contribution is 2.36. The van der Waals surface area contributed by atoms with Crippen LogP contribution in [0.1, 0.15) is 45.4 Å². The monoisotopic (exact) mass is 238 g/mol. The molecule has 0 radical (unpaired) electrons. The Hall–Kier alpha value is -0.740. The van der Waals surface area contributed by atoms with Gasteiger partial charge in [0.2, 0.25) is 0 Å². The lowest BCUT2D eigenvalue weighted by Gasteiger charge is -2.36. The van der Waals surface area contributed by atoms with Crippen LogP contribution in [-0.2, 0) is 9.53 Å². The summed E-state index contributed by atoms with van der Waals surface area (Å²) in [6.45, 7) is -0.197. The number of ether oxygens (including phenoxy) is 1. The minimum Gasteiger partial charge on any atom is -0.455 e. The molecule has 0 atom stereocenters. The predicted octanol–water partition coefficient (Wildman–Crippen LogP) is 3.25. The molecule has 0 unspecified atom stereocenters. The van der Waals surface area contributed by atoms with E-state index in [1.807, 2.05) is 0 Å². The number of carbonyl (C=O) groups is 1. The minimum absolute atomic E-state index is 0.501. The van der Waals surface area contributed by atoms with Crippen LogP contribution < -0.4 is 0 Å². The first-order valence-corrected chi connectivity index (χ1v) is 5.63. The van der Waals surface area contributed by atoms with Crippen LogP contribution in [0, 0.1) is 0 Å². The quantitative estimate of drug-likeness (QED) is 0.703. The van der Waals surface area contributed by atoms with Crippen LogP contribution in [0.4, 0.5) is 13.2 Å². The first-order valence-electron chi connectivity index (χ1n) is 5.63. The molecule has 0 heterocycles.